The van der Waals surface area contributed by atoms with Gasteiger partial charge >= 0.3 is 0 Å². The molecule has 0 radical (unpaired) electrons. The van der Waals surface area contributed by atoms with Crippen LogP contribution in [0.3, 0.4) is 0 Å². The first kappa shape index (κ1) is 14.8. The van der Waals surface area contributed by atoms with Crippen molar-refractivity contribution in [3.63, 3.8) is 0 Å². The van der Waals surface area contributed by atoms with Crippen molar-refractivity contribution < 1.29 is 4.74 Å². The summed E-state index contributed by atoms with van der Waals surface area (Å²) >= 11 is 0. The van der Waals surface area contributed by atoms with E-state index in [-0.39, 0.29) is 6.10 Å². The molecular formula is C18H19N5O. The number of para-hydroxylation sites is 1. The van der Waals surface area contributed by atoms with Crippen molar-refractivity contribution in [3.05, 3.63) is 48.8 Å². The van der Waals surface area contributed by atoms with E-state index in [0.29, 0.717) is 5.95 Å². The fourth-order valence-electron chi connectivity index (χ4n) is 2.85. The van der Waals surface area contributed by atoms with Crippen LogP contribution in [0.4, 0.5) is 17.5 Å². The van der Waals surface area contributed by atoms with Crippen LogP contribution in [0, 0.1) is 0 Å². The Balaban J connectivity index is 1.62. The molecule has 6 heteroatoms. The van der Waals surface area contributed by atoms with Crippen LogP contribution in [0.2, 0.25) is 0 Å². The van der Waals surface area contributed by atoms with Gasteiger partial charge in [-0.1, -0.05) is 12.1 Å². The second-order valence-corrected chi connectivity index (χ2v) is 5.79. The zero-order valence-electron chi connectivity index (χ0n) is 13.3. The Morgan fingerprint density at radius 1 is 1.08 bits per heavy atom. The minimum atomic E-state index is 0.260. The van der Waals surface area contributed by atoms with Crippen LogP contribution in [-0.2, 0) is 4.74 Å². The van der Waals surface area contributed by atoms with Gasteiger partial charge in [-0.05, 0) is 37.1 Å². The molecule has 1 aliphatic rings. The average Bonchev–Trinajstić information content (AvgIpc) is 3.14. The molecule has 0 spiro atoms. The highest BCUT2D eigenvalue weighted by atomic mass is 16.5. The summed E-state index contributed by atoms with van der Waals surface area (Å²) in [6.07, 6.45) is 5.96. The molecule has 122 valence electrons. The highest BCUT2D eigenvalue weighted by molar-refractivity contribution is 5.90. The van der Waals surface area contributed by atoms with Crippen molar-refractivity contribution in [2.24, 2.45) is 0 Å². The summed E-state index contributed by atoms with van der Waals surface area (Å²) in [4.78, 5) is 13.3. The Morgan fingerprint density at radius 3 is 2.79 bits per heavy atom. The molecule has 1 saturated heterocycles. The Bertz CT molecular complexity index is 818. The number of benzene rings is 1. The fourth-order valence-corrected chi connectivity index (χ4v) is 2.85. The van der Waals surface area contributed by atoms with E-state index >= 15 is 0 Å². The summed E-state index contributed by atoms with van der Waals surface area (Å²) < 4.78 is 5.68. The van der Waals surface area contributed by atoms with E-state index in [1.54, 1.807) is 12.4 Å². The highest BCUT2D eigenvalue weighted by Gasteiger charge is 2.16. The summed E-state index contributed by atoms with van der Waals surface area (Å²) in [5.74, 6) is 1.39. The summed E-state index contributed by atoms with van der Waals surface area (Å²) in [7, 11) is 0. The third-order valence-electron chi connectivity index (χ3n) is 4.06. The van der Waals surface area contributed by atoms with E-state index in [9.17, 15) is 0 Å². The Labute approximate surface area is 140 Å². The SMILES string of the molecule is c1ccc2c(NC[C@@H]3CCCO3)nc(Nc3ccncc3)nc2c1. The standard InChI is InChI=1S/C18H19N5O/c1-2-6-16-15(5-1)17(20-12-14-4-3-11-24-14)23-18(22-16)21-13-7-9-19-10-8-13/h1-2,5-10,14H,3-4,11-12H2,(H2,19,20,21,22,23)/t14-/m0/s1. The first-order valence-electron chi connectivity index (χ1n) is 8.18. The molecule has 0 unspecified atom stereocenters. The van der Waals surface area contributed by atoms with Gasteiger partial charge in [-0.2, -0.15) is 4.98 Å². The summed E-state index contributed by atoms with van der Waals surface area (Å²) in [5, 5.41) is 7.67. The lowest BCUT2D eigenvalue weighted by Gasteiger charge is -2.14. The van der Waals surface area contributed by atoms with Gasteiger partial charge in [0.25, 0.3) is 0 Å². The molecule has 0 saturated carbocycles. The van der Waals surface area contributed by atoms with Crippen LogP contribution in [0.1, 0.15) is 12.8 Å². The molecule has 24 heavy (non-hydrogen) atoms. The fraction of sp³-hybridized carbons (Fsp3) is 0.278. The third-order valence-corrected chi connectivity index (χ3v) is 4.06. The predicted molar refractivity (Wildman–Crippen MR) is 94.5 cm³/mol. The number of ether oxygens (including phenoxy) is 1. The average molecular weight is 321 g/mol. The zero-order chi connectivity index (χ0) is 16.2. The van der Waals surface area contributed by atoms with E-state index in [4.69, 9.17) is 4.74 Å². The number of nitrogens with one attached hydrogen (secondary N) is 2. The van der Waals surface area contributed by atoms with Crippen LogP contribution in [0.25, 0.3) is 10.9 Å². The topological polar surface area (TPSA) is 72.0 Å². The molecule has 4 rings (SSSR count). The Kier molecular flexibility index (Phi) is 4.20. The second-order valence-electron chi connectivity index (χ2n) is 5.79. The van der Waals surface area contributed by atoms with Crippen LogP contribution in [0.15, 0.2) is 48.8 Å². The third kappa shape index (κ3) is 3.28. The lowest BCUT2D eigenvalue weighted by atomic mass is 10.2. The van der Waals surface area contributed by atoms with Gasteiger partial charge in [0.2, 0.25) is 5.95 Å². The second kappa shape index (κ2) is 6.80. The lowest BCUT2D eigenvalue weighted by molar-refractivity contribution is 0.120. The number of hydrogen-bond acceptors (Lipinski definition) is 6. The molecule has 0 amide bonds. The van der Waals surface area contributed by atoms with Gasteiger partial charge in [0.15, 0.2) is 0 Å². The van der Waals surface area contributed by atoms with Crippen LogP contribution < -0.4 is 10.6 Å². The van der Waals surface area contributed by atoms with E-state index < -0.39 is 0 Å². The van der Waals surface area contributed by atoms with E-state index in [0.717, 1.165) is 48.4 Å². The molecule has 1 fully saturated rings. The molecule has 0 aliphatic carbocycles. The van der Waals surface area contributed by atoms with E-state index in [2.05, 4.69) is 25.6 Å². The van der Waals surface area contributed by atoms with Gasteiger partial charge in [-0.25, -0.2) is 4.98 Å². The van der Waals surface area contributed by atoms with E-state index in [1.807, 2.05) is 36.4 Å². The van der Waals surface area contributed by atoms with Crippen molar-refractivity contribution in [2.75, 3.05) is 23.8 Å². The van der Waals surface area contributed by atoms with Crippen molar-refractivity contribution in [1.82, 2.24) is 15.0 Å². The largest absolute Gasteiger partial charge is 0.376 e. The minimum absolute atomic E-state index is 0.260. The van der Waals surface area contributed by atoms with Gasteiger partial charge in [0, 0.05) is 36.6 Å². The number of nitrogens with zero attached hydrogens (tertiary/aromatic N) is 3. The maximum atomic E-state index is 5.68. The molecule has 3 heterocycles. The molecule has 3 aromatic rings. The minimum Gasteiger partial charge on any atom is -0.376 e. The zero-order valence-corrected chi connectivity index (χ0v) is 13.3. The van der Waals surface area contributed by atoms with Crippen LogP contribution in [0.5, 0.6) is 0 Å². The van der Waals surface area contributed by atoms with Crippen molar-refractivity contribution in [3.8, 4) is 0 Å². The smallest absolute Gasteiger partial charge is 0.229 e. The quantitative estimate of drug-likeness (QED) is 0.751. The molecule has 6 nitrogen and oxygen atoms in total. The van der Waals surface area contributed by atoms with Gasteiger partial charge in [-0.3, -0.25) is 4.98 Å². The molecule has 0 bridgehead atoms. The number of rotatable bonds is 5. The normalized spacial score (nSPS) is 17.1. The molecule has 1 aliphatic heterocycles. The highest BCUT2D eigenvalue weighted by Crippen LogP contribution is 2.24. The number of anilines is 3. The van der Waals surface area contributed by atoms with Gasteiger partial charge in [-0.15, -0.1) is 0 Å². The Morgan fingerprint density at radius 2 is 1.96 bits per heavy atom. The monoisotopic (exact) mass is 321 g/mol. The number of hydrogen-bond donors (Lipinski definition) is 2. The summed E-state index contributed by atoms with van der Waals surface area (Å²) in [6.45, 7) is 1.61. The molecule has 2 N–H and O–H groups in total. The maximum Gasteiger partial charge on any atom is 0.229 e. The predicted octanol–water partition coefficient (Wildman–Crippen LogP) is 3.36. The molecule has 2 aromatic heterocycles. The van der Waals surface area contributed by atoms with Crippen molar-refractivity contribution >= 4 is 28.4 Å². The van der Waals surface area contributed by atoms with E-state index in [1.165, 1.54) is 0 Å². The maximum absolute atomic E-state index is 5.68. The first-order chi connectivity index (χ1) is 11.9. The van der Waals surface area contributed by atoms with Gasteiger partial charge in [0.1, 0.15) is 5.82 Å². The van der Waals surface area contributed by atoms with Crippen molar-refractivity contribution in [1.29, 1.82) is 0 Å². The lowest BCUT2D eigenvalue weighted by Crippen LogP contribution is -2.19. The summed E-state index contributed by atoms with van der Waals surface area (Å²) in [5.41, 5.74) is 1.81. The molecule has 1 aromatic carbocycles. The number of fused-ring (bicyclic) bond motifs is 1. The van der Waals surface area contributed by atoms with Crippen molar-refractivity contribution in [2.45, 2.75) is 18.9 Å². The van der Waals surface area contributed by atoms with Gasteiger partial charge < -0.3 is 15.4 Å². The molecular weight excluding hydrogens is 302 g/mol. The number of pyridine rings is 1. The first-order valence-corrected chi connectivity index (χ1v) is 8.18. The molecule has 1 atom stereocenters. The van der Waals surface area contributed by atoms with Gasteiger partial charge in [0.05, 0.1) is 11.6 Å². The van der Waals surface area contributed by atoms with Crippen LogP contribution in [-0.4, -0.2) is 34.2 Å². The number of aromatic nitrogens is 3. The Hall–Kier alpha value is -2.73. The summed E-state index contributed by atoms with van der Waals surface area (Å²) in [6, 6.07) is 11.8. The van der Waals surface area contributed by atoms with Crippen LogP contribution >= 0.6 is 0 Å².